The molecule has 1 heterocycles. The highest BCUT2D eigenvalue weighted by molar-refractivity contribution is 9.10. The zero-order chi connectivity index (χ0) is 14.9. The third-order valence-electron chi connectivity index (χ3n) is 2.30. The van der Waals surface area contributed by atoms with E-state index in [-0.39, 0.29) is 26.7 Å². The average molecular weight is 378 g/mol. The fourth-order valence-corrected chi connectivity index (χ4v) is 2.95. The van der Waals surface area contributed by atoms with Crippen molar-refractivity contribution < 1.29 is 14.5 Å². The smallest absolute Gasteiger partial charge is 0.313 e. The summed E-state index contributed by atoms with van der Waals surface area (Å²) in [6, 6.07) is 3.01. The Bertz CT molecular complexity index is 704. The predicted molar refractivity (Wildman–Crippen MR) is 78.1 cm³/mol. The van der Waals surface area contributed by atoms with E-state index in [1.54, 1.807) is 13.0 Å². The van der Waals surface area contributed by atoms with Crippen LogP contribution in [-0.2, 0) is 0 Å². The number of nitro benzene ring substituents is 1. The van der Waals surface area contributed by atoms with Crippen molar-refractivity contribution in [2.24, 2.45) is 0 Å². The lowest BCUT2D eigenvalue weighted by molar-refractivity contribution is -0.385. The molecule has 0 aliphatic carbocycles. The quantitative estimate of drug-likeness (QED) is 0.448. The van der Waals surface area contributed by atoms with Gasteiger partial charge in [0.1, 0.15) is 4.88 Å². The lowest BCUT2D eigenvalue weighted by atomic mass is 10.2. The number of thiazole rings is 1. The summed E-state index contributed by atoms with van der Waals surface area (Å²) < 4.78 is 5.99. The summed E-state index contributed by atoms with van der Waals surface area (Å²) >= 11 is 9.83. The Labute approximate surface area is 130 Å². The molecule has 0 spiro atoms. The van der Waals surface area contributed by atoms with E-state index in [4.69, 9.17) is 16.3 Å². The minimum atomic E-state index is -0.553. The van der Waals surface area contributed by atoms with Gasteiger partial charge >= 0.3 is 5.69 Å². The summed E-state index contributed by atoms with van der Waals surface area (Å²) in [7, 11) is 0. The summed E-state index contributed by atoms with van der Waals surface area (Å²) in [6.07, 6.45) is 0.551. The molecule has 0 unspecified atom stereocenters. The number of aryl methyl sites for hydroxylation is 1. The first kappa shape index (κ1) is 14.9. The highest BCUT2D eigenvalue weighted by atomic mass is 79.9. The van der Waals surface area contributed by atoms with Crippen LogP contribution in [0.2, 0.25) is 5.15 Å². The van der Waals surface area contributed by atoms with Crippen LogP contribution < -0.4 is 4.74 Å². The number of rotatable bonds is 4. The van der Waals surface area contributed by atoms with Crippen molar-refractivity contribution in [2.75, 3.05) is 0 Å². The topological polar surface area (TPSA) is 82.3 Å². The standard InChI is InChI=1S/C11H6BrClN2O4S/c1-5-2-6(12)3-7(15(17)18)9(5)19-11-14-10(13)8(4-16)20-11/h2-4H,1H3. The second kappa shape index (κ2) is 5.86. The van der Waals surface area contributed by atoms with Crippen molar-refractivity contribution in [1.82, 2.24) is 4.98 Å². The minimum absolute atomic E-state index is 0.0115. The Morgan fingerprint density at radius 2 is 2.25 bits per heavy atom. The van der Waals surface area contributed by atoms with E-state index in [0.717, 1.165) is 11.3 Å². The molecule has 0 saturated heterocycles. The minimum Gasteiger partial charge on any atom is -0.423 e. The summed E-state index contributed by atoms with van der Waals surface area (Å²) in [5.74, 6) is 0.0704. The number of benzene rings is 1. The van der Waals surface area contributed by atoms with Crippen LogP contribution in [0.5, 0.6) is 10.9 Å². The number of ether oxygens (including phenoxy) is 1. The molecule has 104 valence electrons. The molecular weight excluding hydrogens is 372 g/mol. The molecule has 0 saturated carbocycles. The van der Waals surface area contributed by atoms with Gasteiger partial charge in [-0.3, -0.25) is 14.9 Å². The van der Waals surface area contributed by atoms with Crippen LogP contribution in [0.4, 0.5) is 5.69 Å². The number of carbonyl (C=O) groups is 1. The lowest BCUT2D eigenvalue weighted by Gasteiger charge is -2.06. The Morgan fingerprint density at radius 3 is 2.80 bits per heavy atom. The molecule has 0 atom stereocenters. The second-order valence-electron chi connectivity index (χ2n) is 3.68. The first-order valence-electron chi connectivity index (χ1n) is 5.16. The summed E-state index contributed by atoms with van der Waals surface area (Å²) in [6.45, 7) is 1.67. The average Bonchev–Trinajstić information content (AvgIpc) is 2.72. The number of aldehydes is 1. The van der Waals surface area contributed by atoms with Crippen LogP contribution in [0.1, 0.15) is 15.2 Å². The van der Waals surface area contributed by atoms with Gasteiger partial charge in [0.15, 0.2) is 11.4 Å². The summed E-state index contributed by atoms with van der Waals surface area (Å²) in [4.78, 5) is 25.2. The summed E-state index contributed by atoms with van der Waals surface area (Å²) in [5.41, 5.74) is 0.362. The molecule has 0 aliphatic rings. The van der Waals surface area contributed by atoms with Crippen molar-refractivity contribution >= 4 is 50.8 Å². The maximum atomic E-state index is 11.1. The van der Waals surface area contributed by atoms with Crippen molar-refractivity contribution in [3.63, 3.8) is 0 Å². The monoisotopic (exact) mass is 376 g/mol. The van der Waals surface area contributed by atoms with E-state index in [1.807, 2.05) is 0 Å². The van der Waals surface area contributed by atoms with Gasteiger partial charge < -0.3 is 4.74 Å². The van der Waals surface area contributed by atoms with E-state index in [1.165, 1.54) is 6.07 Å². The van der Waals surface area contributed by atoms with Gasteiger partial charge in [-0.05, 0) is 13.0 Å². The van der Waals surface area contributed by atoms with Gasteiger partial charge in [0, 0.05) is 16.1 Å². The maximum absolute atomic E-state index is 11.1. The molecule has 1 aromatic heterocycles. The second-order valence-corrected chi connectivity index (χ2v) is 5.95. The van der Waals surface area contributed by atoms with Crippen LogP contribution in [-0.4, -0.2) is 16.2 Å². The fraction of sp³-hybridized carbons (Fsp3) is 0.0909. The van der Waals surface area contributed by atoms with Gasteiger partial charge in [0.05, 0.1) is 4.92 Å². The van der Waals surface area contributed by atoms with Crippen molar-refractivity contribution in [3.05, 3.63) is 42.3 Å². The normalized spacial score (nSPS) is 10.3. The van der Waals surface area contributed by atoms with Crippen LogP contribution >= 0.6 is 38.9 Å². The van der Waals surface area contributed by atoms with Crippen molar-refractivity contribution in [2.45, 2.75) is 6.92 Å². The van der Waals surface area contributed by atoms with Crippen LogP contribution in [0.15, 0.2) is 16.6 Å². The highest BCUT2D eigenvalue weighted by Crippen LogP contribution is 2.39. The predicted octanol–water partition coefficient (Wildman–Crippen LogP) is 4.38. The van der Waals surface area contributed by atoms with E-state index in [2.05, 4.69) is 20.9 Å². The maximum Gasteiger partial charge on any atom is 0.313 e. The number of nitrogens with zero attached hydrogens (tertiary/aromatic N) is 2. The number of hydrogen-bond acceptors (Lipinski definition) is 6. The third kappa shape index (κ3) is 2.97. The van der Waals surface area contributed by atoms with Crippen LogP contribution in [0, 0.1) is 17.0 Å². The number of halogens is 2. The molecule has 2 rings (SSSR count). The zero-order valence-corrected chi connectivity index (χ0v) is 13.1. The zero-order valence-electron chi connectivity index (χ0n) is 9.92. The van der Waals surface area contributed by atoms with Crippen molar-refractivity contribution in [3.8, 4) is 10.9 Å². The molecule has 0 N–H and O–H groups in total. The Morgan fingerprint density at radius 1 is 1.55 bits per heavy atom. The van der Waals surface area contributed by atoms with Gasteiger partial charge in [-0.2, -0.15) is 4.98 Å². The molecule has 20 heavy (non-hydrogen) atoms. The Kier molecular flexibility index (Phi) is 4.36. The van der Waals surface area contributed by atoms with Crippen molar-refractivity contribution in [1.29, 1.82) is 0 Å². The molecule has 6 nitrogen and oxygen atoms in total. The lowest BCUT2D eigenvalue weighted by Crippen LogP contribution is -1.96. The van der Waals surface area contributed by atoms with Crippen LogP contribution in [0.3, 0.4) is 0 Å². The molecule has 9 heteroatoms. The van der Waals surface area contributed by atoms with E-state index in [0.29, 0.717) is 16.3 Å². The third-order valence-corrected chi connectivity index (χ3v) is 4.02. The number of carbonyl (C=O) groups excluding carboxylic acids is 1. The highest BCUT2D eigenvalue weighted by Gasteiger charge is 2.21. The van der Waals surface area contributed by atoms with Gasteiger partial charge in [-0.1, -0.05) is 38.9 Å². The molecule has 0 fully saturated rings. The Balaban J connectivity index is 2.47. The summed E-state index contributed by atoms with van der Waals surface area (Å²) in [5, 5.41) is 11.1. The number of aromatic nitrogens is 1. The first-order chi connectivity index (χ1) is 9.42. The van der Waals surface area contributed by atoms with Gasteiger partial charge in [-0.15, -0.1) is 0 Å². The van der Waals surface area contributed by atoms with E-state index < -0.39 is 4.92 Å². The SMILES string of the molecule is Cc1cc(Br)cc([N+](=O)[O-])c1Oc1nc(Cl)c(C=O)s1. The number of hydrogen-bond donors (Lipinski definition) is 0. The Hall–Kier alpha value is -1.51. The van der Waals surface area contributed by atoms with E-state index >= 15 is 0 Å². The van der Waals surface area contributed by atoms with Gasteiger partial charge in [-0.25, -0.2) is 0 Å². The molecule has 0 bridgehead atoms. The fourth-order valence-electron chi connectivity index (χ4n) is 1.48. The molecule has 1 aromatic carbocycles. The first-order valence-corrected chi connectivity index (χ1v) is 7.15. The van der Waals surface area contributed by atoms with Gasteiger partial charge in [0.2, 0.25) is 5.75 Å². The molecular formula is C11H6BrClN2O4S. The van der Waals surface area contributed by atoms with Gasteiger partial charge in [0.25, 0.3) is 5.19 Å². The molecule has 2 aromatic rings. The largest absolute Gasteiger partial charge is 0.423 e. The van der Waals surface area contributed by atoms with Crippen LogP contribution in [0.25, 0.3) is 0 Å². The molecule has 0 amide bonds. The molecule has 0 aliphatic heterocycles. The number of nitro groups is 1. The van der Waals surface area contributed by atoms with E-state index in [9.17, 15) is 14.9 Å². The molecule has 0 radical (unpaired) electrons.